The topological polar surface area (TPSA) is 70.5 Å². The highest BCUT2D eigenvalue weighted by Gasteiger charge is 2.14. The summed E-state index contributed by atoms with van der Waals surface area (Å²) in [5.41, 5.74) is 8.43. The summed E-state index contributed by atoms with van der Waals surface area (Å²) in [6, 6.07) is 12.3. The first-order valence-electron chi connectivity index (χ1n) is 10.1. The summed E-state index contributed by atoms with van der Waals surface area (Å²) < 4.78 is 4.61. The van der Waals surface area contributed by atoms with E-state index in [9.17, 15) is 4.79 Å². The zero-order valence-corrected chi connectivity index (χ0v) is 19.5. The van der Waals surface area contributed by atoms with Crippen LogP contribution in [0.5, 0.6) is 0 Å². The van der Waals surface area contributed by atoms with Crippen molar-refractivity contribution in [2.24, 2.45) is 7.05 Å². The van der Waals surface area contributed by atoms with Crippen LogP contribution in [0.3, 0.4) is 0 Å². The van der Waals surface area contributed by atoms with Gasteiger partial charge in [0.25, 0.3) is 0 Å². The maximum atomic E-state index is 12.4. The molecule has 31 heavy (non-hydrogen) atoms. The lowest BCUT2D eigenvalue weighted by Crippen LogP contribution is -2.23. The Morgan fingerprint density at radius 2 is 1.71 bits per heavy atom. The third-order valence-electron chi connectivity index (χ3n) is 5.76. The number of thioether (sulfide) groups is 1. The molecule has 2 aromatic carbocycles. The van der Waals surface area contributed by atoms with E-state index in [4.69, 9.17) is 0 Å². The Hall–Kier alpha value is -3.13. The summed E-state index contributed by atoms with van der Waals surface area (Å²) in [7, 11) is 1.60. The molecule has 0 saturated heterocycles. The molecule has 0 spiro atoms. The first-order valence-corrected chi connectivity index (χ1v) is 11.1. The van der Waals surface area contributed by atoms with E-state index in [0.29, 0.717) is 0 Å². The van der Waals surface area contributed by atoms with Crippen LogP contribution in [0.2, 0.25) is 0 Å². The summed E-state index contributed by atoms with van der Waals surface area (Å²) in [6.07, 6.45) is 0. The number of hydrogen-bond acceptors (Lipinski definition) is 5. The van der Waals surface area contributed by atoms with Gasteiger partial charge in [0.15, 0.2) is 0 Å². The van der Waals surface area contributed by atoms with Crippen molar-refractivity contribution < 1.29 is 0 Å². The van der Waals surface area contributed by atoms with E-state index in [-0.39, 0.29) is 5.69 Å². The van der Waals surface area contributed by atoms with E-state index >= 15 is 0 Å². The molecule has 4 rings (SSSR count). The Morgan fingerprint density at radius 1 is 0.935 bits per heavy atom. The van der Waals surface area contributed by atoms with Gasteiger partial charge in [-0.1, -0.05) is 12.1 Å². The molecule has 8 heteroatoms. The minimum absolute atomic E-state index is 0.252. The highest BCUT2D eigenvalue weighted by molar-refractivity contribution is 7.98. The fourth-order valence-electron chi connectivity index (χ4n) is 3.59. The first-order chi connectivity index (χ1) is 14.8. The van der Waals surface area contributed by atoms with Crippen molar-refractivity contribution in [1.82, 2.24) is 29.6 Å². The normalized spacial score (nSPS) is 11.3. The second-order valence-electron chi connectivity index (χ2n) is 7.82. The molecule has 0 atom stereocenters. The molecule has 0 unspecified atom stereocenters. The molecule has 2 aromatic heterocycles. The molecule has 0 aliphatic carbocycles. The summed E-state index contributed by atoms with van der Waals surface area (Å²) in [4.78, 5) is 13.6. The number of benzene rings is 2. The SMILES string of the molecule is Cc1cc(-n2nc(C)c(C)c2C)ccc1SCc1c(C)cccc1-n1nnn(C)c1=O. The zero-order chi connectivity index (χ0) is 22.3. The van der Waals surface area contributed by atoms with Crippen LogP contribution in [0.25, 0.3) is 11.4 Å². The highest BCUT2D eigenvalue weighted by atomic mass is 32.2. The van der Waals surface area contributed by atoms with Crippen LogP contribution in [0.1, 0.15) is 33.6 Å². The van der Waals surface area contributed by atoms with Crippen molar-refractivity contribution in [3.8, 4) is 11.4 Å². The van der Waals surface area contributed by atoms with Gasteiger partial charge in [0.1, 0.15) is 0 Å². The number of tetrazole rings is 1. The molecule has 0 saturated carbocycles. The lowest BCUT2D eigenvalue weighted by atomic mass is 10.1. The zero-order valence-electron chi connectivity index (χ0n) is 18.7. The Labute approximate surface area is 185 Å². The number of aryl methyl sites for hydroxylation is 4. The molecule has 0 aliphatic rings. The predicted molar refractivity (Wildman–Crippen MR) is 123 cm³/mol. The fourth-order valence-corrected chi connectivity index (χ4v) is 4.71. The molecule has 4 aromatic rings. The van der Waals surface area contributed by atoms with Crippen molar-refractivity contribution in [2.75, 3.05) is 0 Å². The summed E-state index contributed by atoms with van der Waals surface area (Å²) in [5.74, 6) is 0.726. The predicted octanol–water partition coefficient (Wildman–Crippen LogP) is 3.99. The van der Waals surface area contributed by atoms with E-state index in [2.05, 4.69) is 67.5 Å². The van der Waals surface area contributed by atoms with Gasteiger partial charge in [-0.05, 0) is 91.6 Å². The van der Waals surface area contributed by atoms with Crippen LogP contribution in [0.15, 0.2) is 46.1 Å². The van der Waals surface area contributed by atoms with Gasteiger partial charge in [-0.15, -0.1) is 11.8 Å². The Morgan fingerprint density at radius 3 is 2.32 bits per heavy atom. The summed E-state index contributed by atoms with van der Waals surface area (Å²) in [5, 5.41) is 12.5. The molecular formula is C23H26N6OS. The van der Waals surface area contributed by atoms with Crippen LogP contribution in [0, 0.1) is 34.6 Å². The van der Waals surface area contributed by atoms with Gasteiger partial charge < -0.3 is 0 Å². The molecule has 0 amide bonds. The quantitative estimate of drug-likeness (QED) is 0.444. The number of aromatic nitrogens is 6. The van der Waals surface area contributed by atoms with Crippen LogP contribution in [0.4, 0.5) is 0 Å². The minimum atomic E-state index is -0.252. The average Bonchev–Trinajstić information content (AvgIpc) is 3.21. The molecule has 0 fully saturated rings. The largest absolute Gasteiger partial charge is 0.368 e. The first kappa shape index (κ1) is 21.1. The van der Waals surface area contributed by atoms with Gasteiger partial charge in [-0.3, -0.25) is 0 Å². The van der Waals surface area contributed by atoms with E-state index in [0.717, 1.165) is 39.6 Å². The minimum Gasteiger partial charge on any atom is -0.244 e. The third kappa shape index (κ3) is 3.83. The van der Waals surface area contributed by atoms with Crippen LogP contribution >= 0.6 is 11.8 Å². The monoisotopic (exact) mass is 434 g/mol. The van der Waals surface area contributed by atoms with Gasteiger partial charge >= 0.3 is 5.69 Å². The maximum absolute atomic E-state index is 12.4. The Balaban J connectivity index is 1.63. The van der Waals surface area contributed by atoms with Crippen LogP contribution in [-0.4, -0.2) is 29.6 Å². The van der Waals surface area contributed by atoms with E-state index in [1.54, 1.807) is 18.8 Å². The Kier molecular flexibility index (Phi) is 5.58. The number of rotatable bonds is 5. The van der Waals surface area contributed by atoms with Crippen molar-refractivity contribution >= 4 is 11.8 Å². The van der Waals surface area contributed by atoms with Gasteiger partial charge in [-0.2, -0.15) is 14.5 Å². The second-order valence-corrected chi connectivity index (χ2v) is 8.83. The second kappa shape index (κ2) is 8.19. The third-order valence-corrected chi connectivity index (χ3v) is 6.97. The number of hydrogen-bond donors (Lipinski definition) is 0. The van der Waals surface area contributed by atoms with Gasteiger partial charge in [0, 0.05) is 23.4 Å². The van der Waals surface area contributed by atoms with E-state index in [1.165, 1.54) is 25.4 Å². The van der Waals surface area contributed by atoms with Crippen molar-refractivity contribution in [3.05, 3.63) is 80.5 Å². The molecule has 2 heterocycles. The van der Waals surface area contributed by atoms with Crippen molar-refractivity contribution in [3.63, 3.8) is 0 Å². The smallest absolute Gasteiger partial charge is 0.244 e. The van der Waals surface area contributed by atoms with Gasteiger partial charge in [0.2, 0.25) is 0 Å². The van der Waals surface area contributed by atoms with Crippen LogP contribution < -0.4 is 5.69 Å². The lowest BCUT2D eigenvalue weighted by molar-refractivity contribution is 0.692. The number of nitrogens with zero attached hydrogens (tertiary/aromatic N) is 6. The van der Waals surface area contributed by atoms with E-state index in [1.807, 2.05) is 23.7 Å². The summed E-state index contributed by atoms with van der Waals surface area (Å²) >= 11 is 1.75. The van der Waals surface area contributed by atoms with Gasteiger partial charge in [0.05, 0.1) is 17.1 Å². The molecule has 7 nitrogen and oxygen atoms in total. The standard InChI is InChI=1S/C23H26N6OS/c1-14-8-7-9-21(29-23(30)27(6)25-26-29)20(14)13-31-22-11-10-19(12-15(22)2)28-18(5)16(3)17(4)24-28/h7-12H,13H2,1-6H3. The van der Waals surface area contributed by atoms with E-state index < -0.39 is 0 Å². The molecule has 0 N–H and O–H groups in total. The molecule has 0 bridgehead atoms. The van der Waals surface area contributed by atoms with Crippen LogP contribution in [-0.2, 0) is 12.8 Å². The maximum Gasteiger partial charge on any atom is 0.368 e. The Bertz CT molecular complexity index is 1330. The van der Waals surface area contributed by atoms with Crippen molar-refractivity contribution in [1.29, 1.82) is 0 Å². The average molecular weight is 435 g/mol. The lowest BCUT2D eigenvalue weighted by Gasteiger charge is -2.13. The van der Waals surface area contributed by atoms with Crippen molar-refractivity contribution in [2.45, 2.75) is 45.3 Å². The molecule has 0 aliphatic heterocycles. The molecule has 160 valence electrons. The fraction of sp³-hybridized carbons (Fsp3) is 0.304. The molecule has 0 radical (unpaired) electrons. The molecular weight excluding hydrogens is 408 g/mol. The summed E-state index contributed by atoms with van der Waals surface area (Å²) in [6.45, 7) is 10.4. The highest BCUT2D eigenvalue weighted by Crippen LogP contribution is 2.31. The van der Waals surface area contributed by atoms with Gasteiger partial charge in [-0.25, -0.2) is 9.48 Å².